The van der Waals surface area contributed by atoms with Crippen molar-refractivity contribution in [2.45, 2.75) is 4.90 Å². The van der Waals surface area contributed by atoms with Gasteiger partial charge < -0.3 is 5.32 Å². The second-order valence-corrected chi connectivity index (χ2v) is 7.85. The first kappa shape index (κ1) is 19.7. The van der Waals surface area contributed by atoms with E-state index in [2.05, 4.69) is 5.32 Å². The molecule has 0 spiro atoms. The minimum Gasteiger partial charge on any atom is -0.320 e. The van der Waals surface area contributed by atoms with Crippen LogP contribution in [0.15, 0.2) is 64.3 Å². The summed E-state index contributed by atoms with van der Waals surface area (Å²) in [5.41, 5.74) is 0.446. The predicted octanol–water partition coefficient (Wildman–Crippen LogP) is 3.67. The lowest BCUT2D eigenvalue weighted by Gasteiger charge is -2.09. The van der Waals surface area contributed by atoms with Crippen LogP contribution in [0.2, 0.25) is 0 Å². The number of rotatable bonds is 5. The first-order valence-corrected chi connectivity index (χ1v) is 10.1. The third kappa shape index (κ3) is 3.43. The molecule has 152 valence electrons. The van der Waals surface area contributed by atoms with Crippen LogP contribution < -0.4 is 11.0 Å². The Morgan fingerprint density at radius 1 is 1.07 bits per heavy atom. The molecule has 0 aliphatic rings. The molecule has 1 heterocycles. The molecular formula is C21H18N4O4S. The van der Waals surface area contributed by atoms with Crippen molar-refractivity contribution in [3.05, 3.63) is 75.2 Å². The highest BCUT2D eigenvalue weighted by Crippen LogP contribution is 2.31. The number of imidazole rings is 1. The minimum atomic E-state index is -0.565. The Kier molecular flexibility index (Phi) is 5.04. The molecule has 8 nitrogen and oxygen atoms in total. The number of aryl methyl sites for hydroxylation is 2. The Morgan fingerprint density at radius 3 is 2.47 bits per heavy atom. The van der Waals surface area contributed by atoms with Gasteiger partial charge in [-0.3, -0.25) is 24.0 Å². The van der Waals surface area contributed by atoms with Gasteiger partial charge in [0.1, 0.15) is 5.69 Å². The Morgan fingerprint density at radius 2 is 1.73 bits per heavy atom. The molecule has 0 atom stereocenters. The number of hydrogen-bond donors (Lipinski definition) is 1. The van der Waals surface area contributed by atoms with E-state index in [-0.39, 0.29) is 28.7 Å². The van der Waals surface area contributed by atoms with Gasteiger partial charge in [0.25, 0.3) is 5.69 Å². The summed E-state index contributed by atoms with van der Waals surface area (Å²) in [7, 11) is 3.13. The van der Waals surface area contributed by atoms with Crippen molar-refractivity contribution in [3.8, 4) is 0 Å². The van der Waals surface area contributed by atoms with E-state index in [9.17, 15) is 19.7 Å². The molecular weight excluding hydrogens is 404 g/mol. The highest BCUT2D eigenvalue weighted by atomic mass is 32.2. The fraction of sp³-hybridized carbons (Fsp3) is 0.143. The fourth-order valence-corrected chi connectivity index (χ4v) is 4.31. The van der Waals surface area contributed by atoms with E-state index in [0.29, 0.717) is 11.0 Å². The number of thioether (sulfide) groups is 1. The van der Waals surface area contributed by atoms with Crippen LogP contribution in [0.4, 0.5) is 11.4 Å². The first-order valence-electron chi connectivity index (χ1n) is 9.11. The molecule has 0 saturated heterocycles. The van der Waals surface area contributed by atoms with Gasteiger partial charge in [0, 0.05) is 25.1 Å². The van der Waals surface area contributed by atoms with Crippen LogP contribution in [0.25, 0.3) is 21.8 Å². The van der Waals surface area contributed by atoms with Crippen LogP contribution in [0.3, 0.4) is 0 Å². The van der Waals surface area contributed by atoms with E-state index in [4.69, 9.17) is 0 Å². The molecule has 0 radical (unpaired) electrons. The van der Waals surface area contributed by atoms with Crippen LogP contribution in [0.1, 0.15) is 0 Å². The molecule has 0 fully saturated rings. The van der Waals surface area contributed by atoms with Gasteiger partial charge in [-0.05, 0) is 22.9 Å². The first-order chi connectivity index (χ1) is 14.4. The molecule has 0 saturated carbocycles. The molecule has 30 heavy (non-hydrogen) atoms. The minimum absolute atomic E-state index is 0.0669. The second kappa shape index (κ2) is 7.68. The van der Waals surface area contributed by atoms with Crippen molar-refractivity contribution in [2.24, 2.45) is 14.1 Å². The zero-order valence-electron chi connectivity index (χ0n) is 16.3. The van der Waals surface area contributed by atoms with E-state index >= 15 is 0 Å². The van der Waals surface area contributed by atoms with Crippen molar-refractivity contribution >= 4 is 50.8 Å². The number of fused-ring (bicyclic) bond motifs is 2. The van der Waals surface area contributed by atoms with Gasteiger partial charge in [-0.15, -0.1) is 11.8 Å². The molecule has 1 amide bonds. The number of hydrogen-bond acceptors (Lipinski definition) is 5. The highest BCUT2D eigenvalue weighted by molar-refractivity contribution is 8.00. The van der Waals surface area contributed by atoms with E-state index in [1.165, 1.54) is 33.0 Å². The third-order valence-electron chi connectivity index (χ3n) is 4.97. The van der Waals surface area contributed by atoms with E-state index in [0.717, 1.165) is 15.7 Å². The van der Waals surface area contributed by atoms with Crippen molar-refractivity contribution in [2.75, 3.05) is 11.1 Å². The Hall–Kier alpha value is -3.59. The zero-order valence-corrected chi connectivity index (χ0v) is 17.1. The summed E-state index contributed by atoms with van der Waals surface area (Å²) in [4.78, 5) is 36.6. The number of nitrogens with one attached hydrogen (secondary N) is 1. The zero-order chi connectivity index (χ0) is 21.4. The van der Waals surface area contributed by atoms with E-state index in [1.807, 2.05) is 42.5 Å². The smallest absolute Gasteiger partial charge is 0.320 e. The van der Waals surface area contributed by atoms with Crippen LogP contribution in [0, 0.1) is 10.1 Å². The average molecular weight is 422 g/mol. The number of carbonyl (C=O) groups is 1. The third-order valence-corrected chi connectivity index (χ3v) is 6.04. The monoisotopic (exact) mass is 422 g/mol. The number of anilines is 1. The molecule has 0 aliphatic heterocycles. The lowest BCUT2D eigenvalue weighted by molar-refractivity contribution is -0.383. The maximum Gasteiger partial charge on any atom is 0.328 e. The number of aromatic nitrogens is 2. The Balaban J connectivity index is 1.61. The van der Waals surface area contributed by atoms with Crippen molar-refractivity contribution in [3.63, 3.8) is 0 Å². The molecule has 0 bridgehead atoms. The summed E-state index contributed by atoms with van der Waals surface area (Å²) in [6.45, 7) is 0. The van der Waals surface area contributed by atoms with Gasteiger partial charge in [-0.1, -0.05) is 36.4 Å². The van der Waals surface area contributed by atoms with Crippen molar-refractivity contribution < 1.29 is 9.72 Å². The molecule has 4 rings (SSSR count). The summed E-state index contributed by atoms with van der Waals surface area (Å²) in [6.07, 6.45) is 0. The predicted molar refractivity (Wildman–Crippen MR) is 118 cm³/mol. The number of nitro benzene ring substituents is 1. The van der Waals surface area contributed by atoms with Crippen molar-refractivity contribution in [1.82, 2.24) is 9.13 Å². The van der Waals surface area contributed by atoms with Crippen molar-refractivity contribution in [1.29, 1.82) is 0 Å². The fourth-order valence-electron chi connectivity index (χ4n) is 3.44. The van der Waals surface area contributed by atoms with Gasteiger partial charge in [0.15, 0.2) is 0 Å². The number of carbonyl (C=O) groups excluding carboxylic acids is 1. The molecule has 1 aromatic heterocycles. The topological polar surface area (TPSA) is 99.2 Å². The molecule has 0 aliphatic carbocycles. The summed E-state index contributed by atoms with van der Waals surface area (Å²) in [5, 5.41) is 16.3. The molecule has 0 unspecified atom stereocenters. The van der Waals surface area contributed by atoms with E-state index < -0.39 is 4.92 Å². The second-order valence-electron chi connectivity index (χ2n) is 6.83. The largest absolute Gasteiger partial charge is 0.328 e. The summed E-state index contributed by atoms with van der Waals surface area (Å²) < 4.78 is 2.73. The Labute approximate surface area is 175 Å². The SMILES string of the molecule is Cn1c(=O)n(C)c2cc([N+](=O)[O-])c(NC(=O)CSc3cccc4ccccc34)cc21. The van der Waals surface area contributed by atoms with Gasteiger partial charge in [-0.25, -0.2) is 4.79 Å². The average Bonchev–Trinajstić information content (AvgIpc) is 2.95. The molecule has 9 heteroatoms. The quantitative estimate of drug-likeness (QED) is 0.301. The summed E-state index contributed by atoms with van der Waals surface area (Å²) >= 11 is 1.36. The molecule has 1 N–H and O–H groups in total. The van der Waals surface area contributed by atoms with Crippen LogP contribution in [0.5, 0.6) is 0 Å². The normalized spacial score (nSPS) is 11.1. The van der Waals surface area contributed by atoms with Crippen LogP contribution in [-0.4, -0.2) is 25.7 Å². The Bertz CT molecular complexity index is 1370. The van der Waals surface area contributed by atoms with Gasteiger partial charge in [0.2, 0.25) is 5.91 Å². The number of amides is 1. The molecule has 4 aromatic rings. The lowest BCUT2D eigenvalue weighted by Crippen LogP contribution is -2.19. The number of nitrogens with zero attached hydrogens (tertiary/aromatic N) is 3. The summed E-state index contributed by atoms with van der Waals surface area (Å²) in [6, 6.07) is 16.5. The standard InChI is InChI=1S/C21H18N4O4S/c1-23-17-10-15(16(25(28)29)11-18(17)24(2)21(23)27)22-20(26)12-30-19-9-5-7-13-6-3-4-8-14(13)19/h3-11H,12H2,1-2H3,(H,22,26). The molecule has 3 aromatic carbocycles. The van der Waals surface area contributed by atoms with Gasteiger partial charge >= 0.3 is 5.69 Å². The van der Waals surface area contributed by atoms with Crippen LogP contribution in [-0.2, 0) is 18.9 Å². The van der Waals surface area contributed by atoms with Gasteiger partial charge in [0.05, 0.1) is 21.7 Å². The summed E-state index contributed by atoms with van der Waals surface area (Å²) in [5.74, 6) is -0.270. The van der Waals surface area contributed by atoms with Crippen LogP contribution >= 0.6 is 11.8 Å². The van der Waals surface area contributed by atoms with Gasteiger partial charge in [-0.2, -0.15) is 0 Å². The van der Waals surface area contributed by atoms with E-state index in [1.54, 1.807) is 14.1 Å². The maximum atomic E-state index is 12.6. The maximum absolute atomic E-state index is 12.6. The highest BCUT2D eigenvalue weighted by Gasteiger charge is 2.21. The number of benzene rings is 3. The lowest BCUT2D eigenvalue weighted by atomic mass is 10.1. The number of nitro groups is 1.